The molecular weight excluding hydrogens is 348 g/mol. The van der Waals surface area contributed by atoms with Crippen molar-refractivity contribution in [2.24, 2.45) is 0 Å². The highest BCUT2D eigenvalue weighted by Crippen LogP contribution is 2.35. The summed E-state index contributed by atoms with van der Waals surface area (Å²) in [6.45, 7) is 2.89. The van der Waals surface area contributed by atoms with E-state index in [1.54, 1.807) is 6.92 Å². The van der Waals surface area contributed by atoms with Crippen LogP contribution in [-0.4, -0.2) is 26.0 Å². The second-order valence-corrected chi connectivity index (χ2v) is 8.67. The molecule has 0 amide bonds. The van der Waals surface area contributed by atoms with Crippen LogP contribution in [0, 0.1) is 0 Å². The molecule has 0 saturated heterocycles. The zero-order valence-corrected chi connectivity index (χ0v) is 14.7. The summed E-state index contributed by atoms with van der Waals surface area (Å²) in [7, 11) is -3.92. The maximum absolute atomic E-state index is 12.8. The third kappa shape index (κ3) is 3.23. The van der Waals surface area contributed by atoms with Crippen LogP contribution in [0.4, 0.5) is 0 Å². The second kappa shape index (κ2) is 6.64. The van der Waals surface area contributed by atoms with Gasteiger partial charge in [-0.25, -0.2) is 17.9 Å². The second-order valence-electron chi connectivity index (χ2n) is 5.65. The summed E-state index contributed by atoms with van der Waals surface area (Å²) in [5.41, 5.74) is 1.38. The minimum Gasteiger partial charge on any atom is -0.478 e. The summed E-state index contributed by atoms with van der Waals surface area (Å²) in [6.07, 6.45) is 0.525. The van der Waals surface area contributed by atoms with Crippen LogP contribution in [0.1, 0.15) is 39.3 Å². The van der Waals surface area contributed by atoms with Crippen molar-refractivity contribution in [2.75, 3.05) is 6.54 Å². The van der Waals surface area contributed by atoms with Crippen molar-refractivity contribution in [3.05, 3.63) is 51.9 Å². The quantitative estimate of drug-likeness (QED) is 0.753. The summed E-state index contributed by atoms with van der Waals surface area (Å²) in [6, 6.07) is 8.73. The van der Waals surface area contributed by atoms with Gasteiger partial charge in [0, 0.05) is 17.5 Å². The van der Waals surface area contributed by atoms with Gasteiger partial charge in [-0.15, -0.1) is 11.3 Å². The first kappa shape index (κ1) is 17.1. The van der Waals surface area contributed by atoms with E-state index in [0.717, 1.165) is 21.8 Å². The van der Waals surface area contributed by atoms with E-state index in [-0.39, 0.29) is 9.77 Å². The van der Waals surface area contributed by atoms with Crippen molar-refractivity contribution in [3.63, 3.8) is 0 Å². The lowest BCUT2D eigenvalue weighted by Gasteiger charge is -2.14. The van der Waals surface area contributed by atoms with Crippen LogP contribution in [0.5, 0.6) is 0 Å². The highest BCUT2D eigenvalue weighted by Gasteiger charge is 2.32. The number of nitrogens with one attached hydrogen (secondary N) is 2. The predicted octanol–water partition coefficient (Wildman–Crippen LogP) is 2.13. The molecule has 8 heteroatoms. The van der Waals surface area contributed by atoms with Crippen molar-refractivity contribution >= 4 is 27.3 Å². The Balaban J connectivity index is 1.98. The smallest absolute Gasteiger partial charge is 0.338 e. The molecule has 2 aromatic rings. The number of carboxylic acid groups (broad SMARTS) is 1. The highest BCUT2D eigenvalue weighted by molar-refractivity contribution is 7.91. The van der Waals surface area contributed by atoms with E-state index in [1.807, 2.05) is 30.3 Å². The van der Waals surface area contributed by atoms with Gasteiger partial charge in [-0.05, 0) is 31.0 Å². The van der Waals surface area contributed by atoms with Crippen molar-refractivity contribution in [3.8, 4) is 0 Å². The Morgan fingerprint density at radius 1 is 1.33 bits per heavy atom. The normalized spacial score (nSPS) is 15.7. The van der Waals surface area contributed by atoms with Crippen LogP contribution >= 0.6 is 11.3 Å². The molecule has 0 fully saturated rings. The lowest BCUT2D eigenvalue weighted by atomic mass is 10.1. The fraction of sp³-hybridized carbons (Fsp3) is 0.312. The van der Waals surface area contributed by atoms with Crippen LogP contribution in [0.25, 0.3) is 0 Å². The Kier molecular flexibility index (Phi) is 4.73. The Morgan fingerprint density at radius 3 is 2.71 bits per heavy atom. The molecule has 2 heterocycles. The Morgan fingerprint density at radius 2 is 2.04 bits per heavy atom. The van der Waals surface area contributed by atoms with Gasteiger partial charge < -0.3 is 10.4 Å². The molecular formula is C16H18N2O4S2. The molecule has 0 bridgehead atoms. The van der Waals surface area contributed by atoms with Crippen LogP contribution in [0.3, 0.4) is 0 Å². The van der Waals surface area contributed by atoms with Crippen molar-refractivity contribution in [1.29, 1.82) is 0 Å². The summed E-state index contributed by atoms with van der Waals surface area (Å²) in [5, 5.41) is 12.7. The van der Waals surface area contributed by atoms with Gasteiger partial charge in [0.25, 0.3) is 10.0 Å². The van der Waals surface area contributed by atoms with Gasteiger partial charge in [0.2, 0.25) is 0 Å². The maximum atomic E-state index is 12.8. The number of hydrogen-bond donors (Lipinski definition) is 3. The lowest BCUT2D eigenvalue weighted by molar-refractivity contribution is 0.0692. The number of carboxylic acids is 1. The SMILES string of the molecule is C[C@@H](NS(=O)(=O)c1sc2c(c1C(=O)O)CCNC2)c1ccccc1. The van der Waals surface area contributed by atoms with Crippen molar-refractivity contribution < 1.29 is 18.3 Å². The third-order valence-corrected chi connectivity index (χ3v) is 7.28. The number of carbonyl (C=O) groups is 1. The lowest BCUT2D eigenvalue weighted by Crippen LogP contribution is -2.28. The fourth-order valence-electron chi connectivity index (χ4n) is 2.81. The van der Waals surface area contributed by atoms with Crippen molar-refractivity contribution in [2.45, 2.75) is 30.1 Å². The molecule has 128 valence electrons. The third-order valence-electron chi connectivity index (χ3n) is 3.99. The standard InChI is InChI=1S/C16H18N2O4S2/c1-10(11-5-3-2-4-6-11)18-24(21,22)16-14(15(19)20)12-7-8-17-9-13(12)23-16/h2-6,10,17-18H,7-9H2,1H3,(H,19,20)/t10-/m1/s1. The monoisotopic (exact) mass is 366 g/mol. The first-order valence-corrected chi connectivity index (χ1v) is 9.86. The van der Waals surface area contributed by atoms with Gasteiger partial charge in [0.15, 0.2) is 0 Å². The van der Waals surface area contributed by atoms with Crippen LogP contribution < -0.4 is 10.0 Å². The molecule has 3 N–H and O–H groups in total. The number of fused-ring (bicyclic) bond motifs is 1. The van der Waals surface area contributed by atoms with Crippen molar-refractivity contribution in [1.82, 2.24) is 10.0 Å². The molecule has 0 saturated carbocycles. The molecule has 1 aromatic carbocycles. The first-order valence-electron chi connectivity index (χ1n) is 7.56. The number of benzene rings is 1. The zero-order chi connectivity index (χ0) is 17.3. The fourth-order valence-corrected chi connectivity index (χ4v) is 5.92. The van der Waals surface area contributed by atoms with Crippen LogP contribution in [0.15, 0.2) is 34.5 Å². The van der Waals surface area contributed by atoms with E-state index >= 15 is 0 Å². The van der Waals surface area contributed by atoms with Gasteiger partial charge >= 0.3 is 5.97 Å². The molecule has 1 atom stereocenters. The number of rotatable bonds is 5. The Labute approximate surface area is 144 Å². The van der Waals surface area contributed by atoms with Crippen LogP contribution in [0.2, 0.25) is 0 Å². The van der Waals surface area contributed by atoms with E-state index in [1.165, 1.54) is 0 Å². The van der Waals surface area contributed by atoms with E-state index in [9.17, 15) is 18.3 Å². The maximum Gasteiger partial charge on any atom is 0.338 e. The summed E-state index contributed by atoms with van der Waals surface area (Å²) in [5.74, 6) is -1.19. The number of thiophene rings is 1. The van der Waals surface area contributed by atoms with E-state index in [2.05, 4.69) is 10.0 Å². The molecule has 0 aliphatic carbocycles. The van der Waals surface area contributed by atoms with Gasteiger partial charge in [-0.2, -0.15) is 0 Å². The number of sulfonamides is 1. The Hall–Kier alpha value is -1.74. The van der Waals surface area contributed by atoms with E-state index < -0.39 is 22.0 Å². The molecule has 1 aliphatic heterocycles. The average molecular weight is 366 g/mol. The van der Waals surface area contributed by atoms with Crippen LogP contribution in [-0.2, 0) is 23.0 Å². The molecule has 0 radical (unpaired) electrons. The molecule has 1 aliphatic rings. The zero-order valence-electron chi connectivity index (χ0n) is 13.1. The largest absolute Gasteiger partial charge is 0.478 e. The summed E-state index contributed by atoms with van der Waals surface area (Å²) in [4.78, 5) is 12.4. The van der Waals surface area contributed by atoms with E-state index in [4.69, 9.17) is 0 Å². The molecule has 0 unspecified atom stereocenters. The first-order chi connectivity index (χ1) is 11.4. The van der Waals surface area contributed by atoms with Gasteiger partial charge in [0.05, 0.1) is 5.56 Å². The van der Waals surface area contributed by atoms with Gasteiger partial charge in [0.1, 0.15) is 4.21 Å². The number of aromatic carboxylic acids is 1. The minimum absolute atomic E-state index is 0.0794. The highest BCUT2D eigenvalue weighted by atomic mass is 32.2. The summed E-state index contributed by atoms with van der Waals surface area (Å²) < 4.78 is 28.0. The van der Waals surface area contributed by atoms with Gasteiger partial charge in [-0.1, -0.05) is 30.3 Å². The van der Waals surface area contributed by atoms with Gasteiger partial charge in [-0.3, -0.25) is 0 Å². The minimum atomic E-state index is -3.92. The molecule has 1 aromatic heterocycles. The molecule has 6 nitrogen and oxygen atoms in total. The summed E-state index contributed by atoms with van der Waals surface area (Å²) >= 11 is 1.04. The molecule has 24 heavy (non-hydrogen) atoms. The predicted molar refractivity (Wildman–Crippen MR) is 91.9 cm³/mol. The van der Waals surface area contributed by atoms with E-state index in [0.29, 0.717) is 25.1 Å². The molecule has 3 rings (SSSR count). The topological polar surface area (TPSA) is 95.5 Å². The average Bonchev–Trinajstić information content (AvgIpc) is 2.96. The Bertz CT molecular complexity index is 860. The number of hydrogen-bond acceptors (Lipinski definition) is 5. The molecule has 0 spiro atoms.